The third kappa shape index (κ3) is 4.79. The Morgan fingerprint density at radius 1 is 1.37 bits per heavy atom. The molecule has 0 aromatic heterocycles. The Bertz CT molecular complexity index is 419. The molecule has 0 heterocycles. The van der Waals surface area contributed by atoms with E-state index in [1.165, 1.54) is 0 Å². The van der Waals surface area contributed by atoms with Crippen LogP contribution < -0.4 is 15.2 Å². The zero-order valence-electron chi connectivity index (χ0n) is 11.8. The van der Waals surface area contributed by atoms with E-state index in [1.807, 2.05) is 18.2 Å². The highest BCUT2D eigenvalue weighted by Crippen LogP contribution is 2.24. The lowest BCUT2D eigenvalue weighted by atomic mass is 10.1. The Hall–Kier alpha value is -1.75. The molecule has 0 saturated carbocycles. The first-order chi connectivity index (χ1) is 9.08. The van der Waals surface area contributed by atoms with E-state index in [0.717, 1.165) is 17.1 Å². The third-order valence-electron chi connectivity index (χ3n) is 2.75. The van der Waals surface area contributed by atoms with E-state index in [0.29, 0.717) is 26.0 Å². The van der Waals surface area contributed by atoms with Crippen LogP contribution in [0.4, 0.5) is 0 Å². The third-order valence-corrected chi connectivity index (χ3v) is 2.75. The average Bonchev–Trinajstić information content (AvgIpc) is 2.40. The minimum absolute atomic E-state index is 0.0499. The van der Waals surface area contributed by atoms with Crippen LogP contribution in [0.2, 0.25) is 0 Å². The first-order valence-corrected chi connectivity index (χ1v) is 6.28. The second kappa shape index (κ2) is 7.63. The van der Waals surface area contributed by atoms with Crippen molar-refractivity contribution in [3.8, 4) is 11.5 Å². The number of carbonyl (C=O) groups excluding carboxylic acids is 1. The van der Waals surface area contributed by atoms with E-state index in [9.17, 15) is 4.79 Å². The maximum Gasteiger partial charge on any atom is 0.225 e. The molecule has 0 aliphatic rings. The number of hydrogen-bond donors (Lipinski definition) is 1. The number of carbonyl (C=O) groups is 1. The topological polar surface area (TPSA) is 64.8 Å². The Labute approximate surface area is 114 Å². The highest BCUT2D eigenvalue weighted by Gasteiger charge is 2.08. The van der Waals surface area contributed by atoms with Crippen molar-refractivity contribution in [2.24, 2.45) is 5.73 Å². The summed E-state index contributed by atoms with van der Waals surface area (Å²) < 4.78 is 10.8. The summed E-state index contributed by atoms with van der Waals surface area (Å²) in [4.78, 5) is 13.0. The van der Waals surface area contributed by atoms with Gasteiger partial charge in [-0.05, 0) is 36.7 Å². The number of benzene rings is 1. The van der Waals surface area contributed by atoms with Crippen molar-refractivity contribution in [1.82, 2.24) is 4.90 Å². The molecule has 0 radical (unpaired) electrons. The molecule has 2 N–H and O–H groups in total. The fourth-order valence-electron chi connectivity index (χ4n) is 1.65. The summed E-state index contributed by atoms with van der Waals surface area (Å²) in [6.45, 7) is 0.904. The molecule has 1 amide bonds. The lowest BCUT2D eigenvalue weighted by Crippen LogP contribution is -2.23. The molecule has 5 heteroatoms. The van der Waals surface area contributed by atoms with Gasteiger partial charge < -0.3 is 20.1 Å². The predicted octanol–water partition coefficient (Wildman–Crippen LogP) is 1.05. The molecule has 1 rings (SSSR count). The highest BCUT2D eigenvalue weighted by atomic mass is 16.5. The Morgan fingerprint density at radius 3 is 2.68 bits per heavy atom. The fraction of sp³-hybridized carbons (Fsp3) is 0.500. The van der Waals surface area contributed by atoms with Crippen LogP contribution in [0.25, 0.3) is 0 Å². The van der Waals surface area contributed by atoms with Crippen LogP contribution in [0, 0.1) is 0 Å². The summed E-state index contributed by atoms with van der Waals surface area (Å²) in [6.07, 6.45) is 1.08. The quantitative estimate of drug-likeness (QED) is 0.801. The standard InChI is InChI=1S/C14H22N2O3/c1-16(2)14(17)7-9-19-13-5-4-12(18-3)10-11(13)6-8-15/h4-5,10H,6-9,15H2,1-3H3. The van der Waals surface area contributed by atoms with Crippen molar-refractivity contribution in [3.05, 3.63) is 23.8 Å². The first-order valence-electron chi connectivity index (χ1n) is 6.28. The lowest BCUT2D eigenvalue weighted by Gasteiger charge is -2.14. The molecular formula is C14H22N2O3. The summed E-state index contributed by atoms with van der Waals surface area (Å²) in [7, 11) is 5.09. The van der Waals surface area contributed by atoms with Gasteiger partial charge in [-0.1, -0.05) is 0 Å². The van der Waals surface area contributed by atoms with Crippen LogP contribution in [-0.4, -0.2) is 45.2 Å². The summed E-state index contributed by atoms with van der Waals surface area (Å²) in [5.74, 6) is 1.59. The van der Waals surface area contributed by atoms with Crippen LogP contribution in [0.1, 0.15) is 12.0 Å². The normalized spacial score (nSPS) is 10.1. The van der Waals surface area contributed by atoms with Gasteiger partial charge in [0.15, 0.2) is 0 Å². The molecule has 0 fully saturated rings. The molecule has 5 nitrogen and oxygen atoms in total. The van der Waals surface area contributed by atoms with Gasteiger partial charge in [0.25, 0.3) is 0 Å². The molecular weight excluding hydrogens is 244 g/mol. The average molecular weight is 266 g/mol. The first kappa shape index (κ1) is 15.3. The molecule has 0 unspecified atom stereocenters. The molecule has 19 heavy (non-hydrogen) atoms. The minimum Gasteiger partial charge on any atom is -0.497 e. The fourth-order valence-corrected chi connectivity index (χ4v) is 1.65. The molecule has 0 saturated heterocycles. The second-order valence-corrected chi connectivity index (χ2v) is 4.40. The lowest BCUT2D eigenvalue weighted by molar-refractivity contribution is -0.129. The van der Waals surface area contributed by atoms with Crippen LogP contribution in [0.5, 0.6) is 11.5 Å². The number of amides is 1. The van der Waals surface area contributed by atoms with Gasteiger partial charge in [-0.15, -0.1) is 0 Å². The van der Waals surface area contributed by atoms with Crippen molar-refractivity contribution in [1.29, 1.82) is 0 Å². The van der Waals surface area contributed by atoms with Crippen molar-refractivity contribution in [2.45, 2.75) is 12.8 Å². The van der Waals surface area contributed by atoms with Gasteiger partial charge in [-0.3, -0.25) is 4.79 Å². The maximum atomic E-state index is 11.5. The van der Waals surface area contributed by atoms with E-state index in [-0.39, 0.29) is 5.91 Å². The van der Waals surface area contributed by atoms with Crippen LogP contribution in [0.3, 0.4) is 0 Å². The molecule has 0 atom stereocenters. The van der Waals surface area contributed by atoms with Gasteiger partial charge in [-0.2, -0.15) is 0 Å². The van der Waals surface area contributed by atoms with Gasteiger partial charge in [0.05, 0.1) is 20.1 Å². The molecule has 0 aliphatic carbocycles. The van der Waals surface area contributed by atoms with Gasteiger partial charge in [-0.25, -0.2) is 0 Å². The smallest absolute Gasteiger partial charge is 0.225 e. The van der Waals surface area contributed by atoms with Crippen molar-refractivity contribution in [2.75, 3.05) is 34.4 Å². The van der Waals surface area contributed by atoms with E-state index in [2.05, 4.69) is 0 Å². The van der Waals surface area contributed by atoms with Crippen molar-refractivity contribution < 1.29 is 14.3 Å². The van der Waals surface area contributed by atoms with E-state index >= 15 is 0 Å². The van der Waals surface area contributed by atoms with E-state index in [1.54, 1.807) is 26.1 Å². The Balaban J connectivity index is 2.64. The minimum atomic E-state index is 0.0499. The Kier molecular flexibility index (Phi) is 6.15. The van der Waals surface area contributed by atoms with E-state index in [4.69, 9.17) is 15.2 Å². The maximum absolute atomic E-state index is 11.5. The van der Waals surface area contributed by atoms with Crippen LogP contribution in [-0.2, 0) is 11.2 Å². The van der Waals surface area contributed by atoms with Crippen LogP contribution in [0.15, 0.2) is 18.2 Å². The molecule has 0 spiro atoms. The van der Waals surface area contributed by atoms with Gasteiger partial charge in [0.2, 0.25) is 5.91 Å². The number of rotatable bonds is 7. The zero-order chi connectivity index (χ0) is 14.3. The summed E-state index contributed by atoms with van der Waals surface area (Å²) in [6, 6.07) is 5.60. The zero-order valence-corrected chi connectivity index (χ0v) is 11.8. The van der Waals surface area contributed by atoms with E-state index < -0.39 is 0 Å². The number of methoxy groups -OCH3 is 1. The number of hydrogen-bond acceptors (Lipinski definition) is 4. The molecule has 0 aliphatic heterocycles. The number of nitrogens with zero attached hydrogens (tertiary/aromatic N) is 1. The van der Waals surface area contributed by atoms with Gasteiger partial charge in [0.1, 0.15) is 11.5 Å². The molecule has 1 aromatic rings. The summed E-state index contributed by atoms with van der Waals surface area (Å²) in [5.41, 5.74) is 6.58. The second-order valence-electron chi connectivity index (χ2n) is 4.40. The highest BCUT2D eigenvalue weighted by molar-refractivity contribution is 5.75. The van der Waals surface area contributed by atoms with Gasteiger partial charge >= 0.3 is 0 Å². The largest absolute Gasteiger partial charge is 0.497 e. The van der Waals surface area contributed by atoms with Crippen LogP contribution >= 0.6 is 0 Å². The molecule has 1 aromatic carbocycles. The SMILES string of the molecule is COc1ccc(OCCC(=O)N(C)C)c(CCN)c1. The van der Waals surface area contributed by atoms with Gasteiger partial charge in [0, 0.05) is 14.1 Å². The number of nitrogens with two attached hydrogens (primary N) is 1. The summed E-state index contributed by atoms with van der Waals surface area (Å²) >= 11 is 0. The Morgan fingerprint density at radius 2 is 2.11 bits per heavy atom. The van der Waals surface area contributed by atoms with Crippen molar-refractivity contribution in [3.63, 3.8) is 0 Å². The summed E-state index contributed by atoms with van der Waals surface area (Å²) in [5, 5.41) is 0. The predicted molar refractivity (Wildman–Crippen MR) is 74.6 cm³/mol. The number of ether oxygens (including phenoxy) is 2. The molecule has 0 bridgehead atoms. The van der Waals surface area contributed by atoms with Crippen molar-refractivity contribution >= 4 is 5.91 Å². The monoisotopic (exact) mass is 266 g/mol. The molecule has 106 valence electrons.